The van der Waals surface area contributed by atoms with Crippen molar-refractivity contribution in [3.05, 3.63) is 0 Å². The third kappa shape index (κ3) is 2.62. The second-order valence-electron chi connectivity index (χ2n) is 3.54. The van der Waals surface area contributed by atoms with Crippen LogP contribution in [0, 0.1) is 0 Å². The Kier molecular flexibility index (Phi) is 4.22. The van der Waals surface area contributed by atoms with Crippen molar-refractivity contribution in [1.82, 2.24) is 5.32 Å². The first-order valence-corrected chi connectivity index (χ1v) is 5.64. The topological polar surface area (TPSA) is 47.6 Å². The fraction of sp³-hybridized carbons (Fsp3) is 0.889. The quantitative estimate of drug-likeness (QED) is 0.673. The molecule has 1 fully saturated rings. The molecule has 5 heteroatoms. The van der Waals surface area contributed by atoms with Gasteiger partial charge >= 0.3 is 5.97 Å². The molecule has 1 unspecified atom stereocenters. The van der Waals surface area contributed by atoms with E-state index in [9.17, 15) is 4.79 Å². The molecule has 1 heterocycles. The van der Waals surface area contributed by atoms with Crippen molar-refractivity contribution in [2.45, 2.75) is 17.7 Å². The summed E-state index contributed by atoms with van der Waals surface area (Å²) < 4.78 is 9.81. The molecule has 0 radical (unpaired) electrons. The lowest BCUT2D eigenvalue weighted by Crippen LogP contribution is -2.51. The summed E-state index contributed by atoms with van der Waals surface area (Å²) in [6.07, 6.45) is 0. The van der Waals surface area contributed by atoms with Gasteiger partial charge < -0.3 is 14.8 Å². The summed E-state index contributed by atoms with van der Waals surface area (Å²) >= 11 is 1.75. The predicted molar refractivity (Wildman–Crippen MR) is 56.5 cm³/mol. The molecule has 0 aromatic rings. The van der Waals surface area contributed by atoms with E-state index in [1.807, 2.05) is 6.92 Å². The first-order valence-electron chi connectivity index (χ1n) is 4.59. The highest BCUT2D eigenvalue weighted by Gasteiger charge is 2.34. The first kappa shape index (κ1) is 11.8. The highest BCUT2D eigenvalue weighted by Crippen LogP contribution is 2.23. The first-order chi connectivity index (χ1) is 6.62. The fourth-order valence-corrected chi connectivity index (χ4v) is 2.27. The van der Waals surface area contributed by atoms with Crippen molar-refractivity contribution in [2.75, 3.05) is 33.1 Å². The molecule has 0 saturated carbocycles. The highest BCUT2D eigenvalue weighted by atomic mass is 32.2. The molecule has 0 spiro atoms. The normalized spacial score (nSPS) is 21.1. The second-order valence-corrected chi connectivity index (χ2v) is 4.83. The third-order valence-corrected chi connectivity index (χ3v) is 3.89. The standard InChI is InChI=1S/C9H17NO3S/c1-9(10-2,8(11)12-3)6-14-7-4-13-5-7/h7,10H,4-6H2,1-3H3. The summed E-state index contributed by atoms with van der Waals surface area (Å²) in [6, 6.07) is 0. The van der Waals surface area contributed by atoms with Gasteiger partial charge in [-0.15, -0.1) is 0 Å². The van der Waals surface area contributed by atoms with Crippen molar-refractivity contribution >= 4 is 17.7 Å². The van der Waals surface area contributed by atoms with Gasteiger partial charge in [-0.1, -0.05) is 0 Å². The second kappa shape index (κ2) is 5.00. The number of hydrogen-bond donors (Lipinski definition) is 1. The summed E-state index contributed by atoms with van der Waals surface area (Å²) in [5, 5.41) is 3.53. The zero-order chi connectivity index (χ0) is 10.6. The lowest BCUT2D eigenvalue weighted by molar-refractivity contribution is -0.146. The Labute approximate surface area is 88.7 Å². The summed E-state index contributed by atoms with van der Waals surface area (Å²) in [4.78, 5) is 11.5. The number of methoxy groups -OCH3 is 1. The SMILES string of the molecule is CNC(C)(CSC1COC1)C(=O)OC. The van der Waals surface area contributed by atoms with Crippen LogP contribution in [0.2, 0.25) is 0 Å². The lowest BCUT2D eigenvalue weighted by Gasteiger charge is -2.31. The Morgan fingerprint density at radius 1 is 1.71 bits per heavy atom. The molecule has 4 nitrogen and oxygen atoms in total. The van der Waals surface area contributed by atoms with Crippen LogP contribution in [0.3, 0.4) is 0 Å². The average molecular weight is 219 g/mol. The van der Waals surface area contributed by atoms with Crippen LogP contribution in [-0.2, 0) is 14.3 Å². The molecule has 0 amide bonds. The molecule has 0 bridgehead atoms. The molecule has 1 N–H and O–H groups in total. The number of carbonyl (C=O) groups excluding carboxylic acids is 1. The minimum atomic E-state index is -0.588. The van der Waals surface area contributed by atoms with Crippen molar-refractivity contribution in [2.24, 2.45) is 0 Å². The van der Waals surface area contributed by atoms with Crippen LogP contribution in [0.1, 0.15) is 6.92 Å². The number of carbonyl (C=O) groups is 1. The summed E-state index contributed by atoms with van der Waals surface area (Å²) in [6.45, 7) is 3.45. The fourth-order valence-electron chi connectivity index (χ4n) is 1.05. The van der Waals surface area contributed by atoms with Gasteiger partial charge in [0.15, 0.2) is 0 Å². The largest absolute Gasteiger partial charge is 0.468 e. The minimum Gasteiger partial charge on any atom is -0.468 e. The monoisotopic (exact) mass is 219 g/mol. The molecule has 82 valence electrons. The van der Waals surface area contributed by atoms with Crippen molar-refractivity contribution in [1.29, 1.82) is 0 Å². The van der Waals surface area contributed by atoms with E-state index in [0.29, 0.717) is 11.0 Å². The van der Waals surface area contributed by atoms with Crippen LogP contribution in [0.4, 0.5) is 0 Å². The predicted octanol–water partition coefficient (Wildman–Crippen LogP) is 0.269. The van der Waals surface area contributed by atoms with Gasteiger partial charge in [-0.2, -0.15) is 11.8 Å². The Morgan fingerprint density at radius 3 is 2.71 bits per heavy atom. The van der Waals surface area contributed by atoms with Gasteiger partial charge in [0.25, 0.3) is 0 Å². The van der Waals surface area contributed by atoms with Crippen LogP contribution in [0.5, 0.6) is 0 Å². The summed E-state index contributed by atoms with van der Waals surface area (Å²) in [5.41, 5.74) is -0.588. The number of thioether (sulfide) groups is 1. The highest BCUT2D eigenvalue weighted by molar-refractivity contribution is 8.00. The molecule has 1 rings (SSSR count). The maximum Gasteiger partial charge on any atom is 0.326 e. The molecule has 1 atom stereocenters. The van der Waals surface area contributed by atoms with Crippen molar-refractivity contribution < 1.29 is 14.3 Å². The number of rotatable bonds is 5. The molecule has 0 aromatic heterocycles. The average Bonchev–Trinajstić information content (AvgIpc) is 2.13. The number of nitrogens with one attached hydrogen (secondary N) is 1. The van der Waals surface area contributed by atoms with E-state index in [1.54, 1.807) is 18.8 Å². The maximum atomic E-state index is 11.5. The minimum absolute atomic E-state index is 0.215. The summed E-state index contributed by atoms with van der Waals surface area (Å²) in [5.74, 6) is 0.497. The van der Waals surface area contributed by atoms with Crippen LogP contribution in [0.25, 0.3) is 0 Å². The zero-order valence-electron chi connectivity index (χ0n) is 8.83. The molecule has 1 saturated heterocycles. The number of ether oxygens (including phenoxy) is 2. The summed E-state index contributed by atoms with van der Waals surface area (Å²) in [7, 11) is 3.18. The molecule has 1 aliphatic heterocycles. The smallest absolute Gasteiger partial charge is 0.326 e. The van der Waals surface area contributed by atoms with Gasteiger partial charge in [-0.3, -0.25) is 4.79 Å². The molecule has 14 heavy (non-hydrogen) atoms. The molecular formula is C9H17NO3S. The molecule has 0 aliphatic carbocycles. The van der Waals surface area contributed by atoms with Gasteiger partial charge in [0.1, 0.15) is 5.54 Å². The molecular weight excluding hydrogens is 202 g/mol. The Morgan fingerprint density at radius 2 is 2.36 bits per heavy atom. The number of likely N-dealkylation sites (N-methyl/N-ethyl adjacent to an activating group) is 1. The lowest BCUT2D eigenvalue weighted by atomic mass is 10.1. The van der Waals surface area contributed by atoms with E-state index < -0.39 is 5.54 Å². The van der Waals surface area contributed by atoms with Gasteiger partial charge in [0, 0.05) is 5.75 Å². The molecule has 1 aliphatic rings. The van der Waals surface area contributed by atoms with Gasteiger partial charge in [0.2, 0.25) is 0 Å². The zero-order valence-corrected chi connectivity index (χ0v) is 9.65. The van der Waals surface area contributed by atoms with E-state index in [2.05, 4.69) is 5.32 Å². The van der Waals surface area contributed by atoms with Gasteiger partial charge in [-0.25, -0.2) is 0 Å². The van der Waals surface area contributed by atoms with Gasteiger partial charge in [-0.05, 0) is 14.0 Å². The van der Waals surface area contributed by atoms with Crippen LogP contribution >= 0.6 is 11.8 Å². The third-order valence-electron chi connectivity index (χ3n) is 2.40. The Balaban J connectivity index is 2.38. The van der Waals surface area contributed by atoms with Crippen LogP contribution < -0.4 is 5.32 Å². The van der Waals surface area contributed by atoms with Crippen LogP contribution in [0.15, 0.2) is 0 Å². The number of hydrogen-bond acceptors (Lipinski definition) is 5. The Hall–Kier alpha value is -0.260. The maximum absolute atomic E-state index is 11.5. The van der Waals surface area contributed by atoms with E-state index in [4.69, 9.17) is 9.47 Å². The van der Waals surface area contributed by atoms with Crippen molar-refractivity contribution in [3.8, 4) is 0 Å². The Bertz CT molecular complexity index is 208. The van der Waals surface area contributed by atoms with Crippen molar-refractivity contribution in [3.63, 3.8) is 0 Å². The van der Waals surface area contributed by atoms with Crippen LogP contribution in [-0.4, -0.2) is 49.9 Å². The van der Waals surface area contributed by atoms with E-state index in [-0.39, 0.29) is 5.97 Å². The number of esters is 1. The van der Waals surface area contributed by atoms with Gasteiger partial charge in [0.05, 0.1) is 25.6 Å². The molecule has 0 aromatic carbocycles. The van der Waals surface area contributed by atoms with E-state index in [0.717, 1.165) is 13.2 Å². The van der Waals surface area contributed by atoms with E-state index >= 15 is 0 Å². The van der Waals surface area contributed by atoms with E-state index in [1.165, 1.54) is 7.11 Å².